The molecule has 0 bridgehead atoms. The first-order valence-electron chi connectivity index (χ1n) is 6.81. The van der Waals surface area contributed by atoms with Gasteiger partial charge in [0.25, 0.3) is 0 Å². The Balaban J connectivity index is 2.95. The van der Waals surface area contributed by atoms with E-state index in [1.165, 1.54) is 5.56 Å². The SMILES string of the molecule is CC(C)Cc1ccc(C(C(C)C(=O)O)N(C)C)cc1. The molecule has 1 aromatic rings. The molecule has 1 aromatic carbocycles. The van der Waals surface area contributed by atoms with Crippen LogP contribution in [0.5, 0.6) is 0 Å². The summed E-state index contributed by atoms with van der Waals surface area (Å²) in [7, 11) is 3.85. The lowest BCUT2D eigenvalue weighted by Crippen LogP contribution is -2.30. The van der Waals surface area contributed by atoms with E-state index in [1.807, 2.05) is 19.0 Å². The Morgan fingerprint density at radius 3 is 2.05 bits per heavy atom. The maximum absolute atomic E-state index is 11.2. The first kappa shape index (κ1) is 15.7. The minimum absolute atomic E-state index is 0.0920. The number of rotatable bonds is 6. The zero-order valence-electron chi connectivity index (χ0n) is 12.6. The monoisotopic (exact) mass is 263 g/mol. The van der Waals surface area contributed by atoms with E-state index in [-0.39, 0.29) is 6.04 Å². The van der Waals surface area contributed by atoms with Crippen LogP contribution in [0.15, 0.2) is 24.3 Å². The van der Waals surface area contributed by atoms with Crippen LogP contribution in [0.2, 0.25) is 0 Å². The Kier molecular flexibility index (Phi) is 5.55. The molecule has 2 unspecified atom stereocenters. The average Bonchev–Trinajstić information content (AvgIpc) is 2.30. The molecule has 3 heteroatoms. The highest BCUT2D eigenvalue weighted by Gasteiger charge is 2.26. The summed E-state index contributed by atoms with van der Waals surface area (Å²) in [4.78, 5) is 13.2. The molecule has 0 aliphatic carbocycles. The van der Waals surface area contributed by atoms with E-state index in [0.717, 1.165) is 12.0 Å². The Labute approximate surface area is 116 Å². The molecule has 1 rings (SSSR count). The molecule has 0 fully saturated rings. The maximum atomic E-state index is 11.2. The first-order valence-corrected chi connectivity index (χ1v) is 6.81. The predicted octanol–water partition coefficient (Wildman–Crippen LogP) is 3.21. The van der Waals surface area contributed by atoms with Gasteiger partial charge in [-0.25, -0.2) is 0 Å². The molecule has 3 nitrogen and oxygen atoms in total. The van der Waals surface area contributed by atoms with Gasteiger partial charge in [0.1, 0.15) is 0 Å². The van der Waals surface area contributed by atoms with Gasteiger partial charge in [0.15, 0.2) is 0 Å². The Bertz CT molecular complexity index is 409. The molecule has 0 saturated heterocycles. The van der Waals surface area contributed by atoms with E-state index < -0.39 is 11.9 Å². The lowest BCUT2D eigenvalue weighted by atomic mass is 9.92. The second-order valence-electron chi connectivity index (χ2n) is 5.87. The van der Waals surface area contributed by atoms with E-state index in [2.05, 4.69) is 38.1 Å². The fourth-order valence-corrected chi connectivity index (χ4v) is 2.49. The summed E-state index contributed by atoms with van der Waals surface area (Å²) in [5.41, 5.74) is 2.37. The molecule has 0 aromatic heterocycles. The van der Waals surface area contributed by atoms with Crippen LogP contribution >= 0.6 is 0 Å². The third-order valence-electron chi connectivity index (χ3n) is 3.38. The second kappa shape index (κ2) is 6.71. The van der Waals surface area contributed by atoms with Crippen molar-refractivity contribution in [2.24, 2.45) is 11.8 Å². The average molecular weight is 263 g/mol. The first-order chi connectivity index (χ1) is 8.82. The van der Waals surface area contributed by atoms with E-state index in [1.54, 1.807) is 6.92 Å². The predicted molar refractivity (Wildman–Crippen MR) is 78.2 cm³/mol. The van der Waals surface area contributed by atoms with E-state index in [4.69, 9.17) is 0 Å². The fraction of sp³-hybridized carbons (Fsp3) is 0.562. The smallest absolute Gasteiger partial charge is 0.308 e. The third-order valence-corrected chi connectivity index (χ3v) is 3.38. The number of carboxylic acids is 1. The summed E-state index contributed by atoms with van der Waals surface area (Å²) in [6.45, 7) is 6.15. The van der Waals surface area contributed by atoms with Gasteiger partial charge in [0.05, 0.1) is 5.92 Å². The van der Waals surface area contributed by atoms with Crippen LogP contribution < -0.4 is 0 Å². The zero-order valence-corrected chi connectivity index (χ0v) is 12.6. The van der Waals surface area contributed by atoms with Crippen LogP contribution in [0.4, 0.5) is 0 Å². The van der Waals surface area contributed by atoms with Crippen molar-refractivity contribution in [3.05, 3.63) is 35.4 Å². The highest BCUT2D eigenvalue weighted by molar-refractivity contribution is 5.70. The maximum Gasteiger partial charge on any atom is 0.308 e. The zero-order chi connectivity index (χ0) is 14.6. The molecule has 0 saturated carbocycles. The molecule has 0 heterocycles. The van der Waals surface area contributed by atoms with Crippen molar-refractivity contribution in [2.45, 2.75) is 33.2 Å². The summed E-state index contributed by atoms with van der Waals surface area (Å²) in [5, 5.41) is 9.21. The Morgan fingerprint density at radius 1 is 1.16 bits per heavy atom. The van der Waals surface area contributed by atoms with Crippen molar-refractivity contribution in [3.63, 3.8) is 0 Å². The number of hydrogen-bond donors (Lipinski definition) is 1. The minimum atomic E-state index is -0.759. The van der Waals surface area contributed by atoms with Gasteiger partial charge in [-0.3, -0.25) is 4.79 Å². The van der Waals surface area contributed by atoms with Crippen molar-refractivity contribution in [3.8, 4) is 0 Å². The van der Waals surface area contributed by atoms with E-state index in [0.29, 0.717) is 5.92 Å². The summed E-state index contributed by atoms with van der Waals surface area (Å²) >= 11 is 0. The fourth-order valence-electron chi connectivity index (χ4n) is 2.49. The normalized spacial score (nSPS) is 14.7. The van der Waals surface area contributed by atoms with Crippen molar-refractivity contribution < 1.29 is 9.90 Å². The molecule has 0 amide bonds. The third kappa shape index (κ3) is 4.35. The summed E-state index contributed by atoms with van der Waals surface area (Å²) in [5.74, 6) is -0.552. The van der Waals surface area contributed by atoms with Gasteiger partial charge in [-0.15, -0.1) is 0 Å². The van der Waals surface area contributed by atoms with Crippen molar-refractivity contribution in [1.82, 2.24) is 4.90 Å². The highest BCUT2D eigenvalue weighted by atomic mass is 16.4. The molecule has 0 aliphatic rings. The molecular formula is C16H25NO2. The van der Waals surface area contributed by atoms with Gasteiger partial charge in [0, 0.05) is 6.04 Å². The van der Waals surface area contributed by atoms with Gasteiger partial charge >= 0.3 is 5.97 Å². The van der Waals surface area contributed by atoms with E-state index >= 15 is 0 Å². The topological polar surface area (TPSA) is 40.5 Å². The van der Waals surface area contributed by atoms with Crippen LogP contribution in [0.1, 0.15) is 37.9 Å². The lowest BCUT2D eigenvalue weighted by molar-refractivity contribution is -0.143. The van der Waals surface area contributed by atoms with Crippen LogP contribution in [-0.4, -0.2) is 30.1 Å². The van der Waals surface area contributed by atoms with Gasteiger partial charge < -0.3 is 10.0 Å². The molecule has 2 atom stereocenters. The van der Waals surface area contributed by atoms with Gasteiger partial charge in [-0.05, 0) is 37.6 Å². The molecule has 0 radical (unpaired) electrons. The number of carboxylic acid groups (broad SMARTS) is 1. The van der Waals surface area contributed by atoms with Gasteiger partial charge in [-0.2, -0.15) is 0 Å². The number of carbonyl (C=O) groups is 1. The summed E-state index contributed by atoms with van der Waals surface area (Å²) < 4.78 is 0. The van der Waals surface area contributed by atoms with Gasteiger partial charge in [-0.1, -0.05) is 45.0 Å². The van der Waals surface area contributed by atoms with E-state index in [9.17, 15) is 9.90 Å². The number of nitrogens with zero attached hydrogens (tertiary/aromatic N) is 1. The van der Waals surface area contributed by atoms with Crippen molar-refractivity contribution in [1.29, 1.82) is 0 Å². The van der Waals surface area contributed by atoms with Crippen LogP contribution in [-0.2, 0) is 11.2 Å². The number of benzene rings is 1. The lowest BCUT2D eigenvalue weighted by Gasteiger charge is -2.28. The largest absolute Gasteiger partial charge is 0.481 e. The Morgan fingerprint density at radius 2 is 1.68 bits per heavy atom. The van der Waals surface area contributed by atoms with Crippen molar-refractivity contribution in [2.75, 3.05) is 14.1 Å². The second-order valence-corrected chi connectivity index (χ2v) is 5.87. The Hall–Kier alpha value is -1.35. The quantitative estimate of drug-likeness (QED) is 0.856. The van der Waals surface area contributed by atoms with Crippen LogP contribution in [0.3, 0.4) is 0 Å². The number of hydrogen-bond acceptors (Lipinski definition) is 2. The standard InChI is InChI=1S/C16H25NO2/c1-11(2)10-13-6-8-14(9-7-13)15(17(4)5)12(3)16(18)19/h6-9,11-12,15H,10H2,1-5H3,(H,18,19). The number of aliphatic carboxylic acids is 1. The molecule has 1 N–H and O–H groups in total. The molecular weight excluding hydrogens is 238 g/mol. The summed E-state index contributed by atoms with van der Waals surface area (Å²) in [6.07, 6.45) is 1.06. The molecule has 0 aliphatic heterocycles. The summed E-state index contributed by atoms with van der Waals surface area (Å²) in [6, 6.07) is 8.25. The van der Waals surface area contributed by atoms with Gasteiger partial charge in [0.2, 0.25) is 0 Å². The molecule has 0 spiro atoms. The molecule has 19 heavy (non-hydrogen) atoms. The highest BCUT2D eigenvalue weighted by Crippen LogP contribution is 2.27. The minimum Gasteiger partial charge on any atom is -0.481 e. The van der Waals surface area contributed by atoms with Crippen molar-refractivity contribution >= 4 is 5.97 Å². The van der Waals surface area contributed by atoms with Crippen LogP contribution in [0, 0.1) is 11.8 Å². The van der Waals surface area contributed by atoms with Crippen LogP contribution in [0.25, 0.3) is 0 Å². The molecule has 106 valence electrons.